The minimum absolute atomic E-state index is 2.10. The summed E-state index contributed by atoms with van der Waals surface area (Å²) < 4.78 is 85.2. The molecule has 0 aliphatic heterocycles. The van der Waals surface area contributed by atoms with Crippen molar-refractivity contribution >= 4 is 5.97 Å². The van der Waals surface area contributed by atoms with E-state index in [2.05, 4.69) is 5.11 Å². The predicted molar refractivity (Wildman–Crippen MR) is 31.8 cm³/mol. The summed E-state index contributed by atoms with van der Waals surface area (Å²) in [6, 6.07) is 0. The van der Waals surface area contributed by atoms with Gasteiger partial charge in [0.1, 0.15) is 0 Å². The lowest BCUT2D eigenvalue weighted by Gasteiger charge is -1.89. The number of carboxylic acid groups (broad SMARTS) is 1. The maximum atomic E-state index is 11.0. The Labute approximate surface area is 66.5 Å². The Kier molecular flexibility index (Phi) is 0.530. The molecule has 0 saturated heterocycles. The second-order valence-corrected chi connectivity index (χ2v) is 0.787. The first-order valence-corrected chi connectivity index (χ1v) is 1.66. The number of carbonyl (C=O) groups is 1. The minimum atomic E-state index is -3.91. The lowest BCUT2D eigenvalue weighted by Crippen LogP contribution is -1.92. The summed E-state index contributed by atoms with van der Waals surface area (Å²) in [5.41, 5.74) is 0. The van der Waals surface area contributed by atoms with Crippen LogP contribution in [0.1, 0.15) is 47.4 Å². The van der Waals surface area contributed by atoms with Crippen LogP contribution in [0, 0.1) is 0 Å². The average Bonchev–Trinajstić information content (AvgIpc) is 2.25. The number of hydrogen-bond donors (Lipinski definition) is 1. The van der Waals surface area contributed by atoms with Crippen molar-refractivity contribution in [1.82, 2.24) is 0 Å². The van der Waals surface area contributed by atoms with Gasteiger partial charge in [-0.1, -0.05) is 19.6 Å². The first-order valence-electron chi connectivity index (χ1n) is 7.57. The van der Waals surface area contributed by atoms with Crippen molar-refractivity contribution in [2.45, 2.75) is 32.3 Å². The van der Waals surface area contributed by atoms with E-state index in [-0.39, 0.29) is 0 Å². The zero-order valence-electron chi connectivity index (χ0n) is 15.8. The molecule has 0 aromatic carbocycles. The summed E-state index contributed by atoms with van der Waals surface area (Å²) in [6.45, 7) is -3.61. The molecule has 0 radical (unpaired) electrons. The maximum Gasteiger partial charge on any atom is 0.303 e. The van der Waals surface area contributed by atoms with E-state index in [0.29, 0.717) is 0 Å². The Morgan fingerprint density at radius 3 is 3.50 bits per heavy atom. The molecular formula is C6H12O2. The van der Waals surface area contributed by atoms with Crippen molar-refractivity contribution < 1.29 is 25.0 Å². The summed E-state index contributed by atoms with van der Waals surface area (Å²) in [5.74, 6) is -2.10. The Bertz CT molecular complexity index is 382. The number of aliphatic carboxylic acids is 1. The average molecular weight is 128 g/mol. The van der Waals surface area contributed by atoms with Crippen LogP contribution in [0.4, 0.5) is 0 Å². The lowest BCUT2D eigenvalue weighted by molar-refractivity contribution is -0.137. The smallest absolute Gasteiger partial charge is 0.303 e. The molecule has 0 fully saturated rings. The van der Waals surface area contributed by atoms with Gasteiger partial charge < -0.3 is 5.11 Å². The molecule has 0 heterocycles. The third-order valence-corrected chi connectivity index (χ3v) is 0.290. The van der Waals surface area contributed by atoms with Crippen molar-refractivity contribution in [2.24, 2.45) is 0 Å². The molecular weight excluding hydrogens is 104 g/mol. The van der Waals surface area contributed by atoms with Crippen molar-refractivity contribution in [3.63, 3.8) is 0 Å². The highest BCUT2D eigenvalue weighted by atomic mass is 16.4. The van der Waals surface area contributed by atoms with Gasteiger partial charge in [-0.05, 0) is 6.37 Å². The Morgan fingerprint density at radius 2 is 2.88 bits per heavy atom. The first kappa shape index (κ1) is 0.917. The fourth-order valence-electron chi connectivity index (χ4n) is 0.114. The van der Waals surface area contributed by atoms with Gasteiger partial charge in [0.25, 0.3) is 1.43 Å². The van der Waals surface area contributed by atoms with Gasteiger partial charge in [0.15, 0.2) is 0 Å². The highest BCUT2D eigenvalue weighted by Gasteiger charge is 1.92. The summed E-state index contributed by atoms with van der Waals surface area (Å²) in [7, 11) is 0. The number of hydrogen-bond acceptors (Lipinski definition) is 2. The van der Waals surface area contributed by atoms with E-state index < -0.39 is 38.3 Å². The zero-order valence-corrected chi connectivity index (χ0v) is 3.82. The van der Waals surface area contributed by atoms with E-state index in [9.17, 15) is 4.79 Å². The molecule has 0 aliphatic carbocycles. The van der Waals surface area contributed by atoms with E-state index in [1.54, 1.807) is 0 Å². The highest BCUT2D eigenvalue weighted by Crippen LogP contribution is 1.97. The fraction of sp³-hybridized carbons (Fsp3) is 0.833. The fourth-order valence-corrected chi connectivity index (χ4v) is 0.114. The van der Waals surface area contributed by atoms with Crippen LogP contribution in [-0.4, -0.2) is 11.1 Å². The van der Waals surface area contributed by atoms with Gasteiger partial charge in [0.05, 0.1) is 0 Å². The summed E-state index contributed by atoms with van der Waals surface area (Å²) in [6.07, 6.45) is -15.4. The topological polar surface area (TPSA) is 37.3 Å². The second kappa shape index (κ2) is 4.62. The van der Waals surface area contributed by atoms with Gasteiger partial charge in [0, 0.05) is 21.5 Å². The van der Waals surface area contributed by atoms with Crippen molar-refractivity contribution in [1.29, 1.82) is 1.43 Å². The molecule has 0 aliphatic rings. The van der Waals surface area contributed by atoms with Gasteiger partial charge in [-0.15, -0.1) is 0 Å². The molecule has 0 atom stereocenters. The summed E-state index contributed by atoms with van der Waals surface area (Å²) in [4.78, 5) is 11.0. The van der Waals surface area contributed by atoms with Crippen LogP contribution in [0.5, 0.6) is 0 Å². The molecule has 48 valence electrons. The molecule has 8 heavy (non-hydrogen) atoms. The van der Waals surface area contributed by atoms with Crippen LogP contribution in [0.2, 0.25) is 0 Å². The van der Waals surface area contributed by atoms with Crippen LogP contribution >= 0.6 is 0 Å². The lowest BCUT2D eigenvalue weighted by atomic mass is 10.2. The van der Waals surface area contributed by atoms with Crippen molar-refractivity contribution in [2.75, 3.05) is 0 Å². The summed E-state index contributed by atoms with van der Waals surface area (Å²) in [5, 5.41) is 3.26. The van der Waals surface area contributed by atoms with Crippen molar-refractivity contribution in [3.8, 4) is 0 Å². The first-order chi connectivity index (χ1) is 8.48. The Balaban J connectivity index is 6.00. The molecule has 0 amide bonds. The third-order valence-electron chi connectivity index (χ3n) is 0.290. The van der Waals surface area contributed by atoms with E-state index in [4.69, 9.17) is 16.5 Å². The van der Waals surface area contributed by atoms with Crippen LogP contribution in [0.25, 0.3) is 1.43 Å². The van der Waals surface area contributed by atoms with Crippen LogP contribution in [0.3, 0.4) is 0 Å². The second-order valence-electron chi connectivity index (χ2n) is 0.787. The Hall–Kier alpha value is -0.530. The molecule has 0 saturated carbocycles. The predicted octanol–water partition coefficient (Wildman–Crippen LogP) is 1.65. The minimum Gasteiger partial charge on any atom is -0.481 e. The number of carboxylic acids is 1. The van der Waals surface area contributed by atoms with E-state index in [1.165, 1.54) is 0 Å². The quantitative estimate of drug-likeness (QED) is 0.625. The van der Waals surface area contributed by atoms with Gasteiger partial charge >= 0.3 is 5.97 Å². The molecule has 2 nitrogen and oxygen atoms in total. The van der Waals surface area contributed by atoms with E-state index in [0.717, 1.165) is 0 Å². The third kappa shape index (κ3) is 5.47. The van der Waals surface area contributed by atoms with Crippen molar-refractivity contribution in [3.05, 3.63) is 0 Å². The van der Waals surface area contributed by atoms with Gasteiger partial charge in [-0.25, -0.2) is 0 Å². The van der Waals surface area contributed by atoms with Crippen LogP contribution < -0.4 is 0 Å². The summed E-state index contributed by atoms with van der Waals surface area (Å²) >= 11 is 0. The van der Waals surface area contributed by atoms with Crippen LogP contribution in [0.15, 0.2) is 0 Å². The molecule has 0 bridgehead atoms. The molecule has 0 spiro atoms. The maximum absolute atomic E-state index is 11.0. The normalized spacial score (nSPS) is 39.5. The van der Waals surface area contributed by atoms with Gasteiger partial charge in [-0.2, -0.15) is 0 Å². The monoisotopic (exact) mass is 128 g/mol. The highest BCUT2D eigenvalue weighted by molar-refractivity contribution is 5.66. The van der Waals surface area contributed by atoms with Gasteiger partial charge in [-0.3, -0.25) is 4.79 Å². The molecule has 0 aromatic heterocycles. The van der Waals surface area contributed by atoms with E-state index in [1.807, 2.05) is 0 Å². The largest absolute Gasteiger partial charge is 0.481 e. The molecule has 0 rings (SSSR count). The molecule has 1 N–H and O–H groups in total. The molecule has 2 heteroatoms. The standard InChI is InChI=1S/C6H12O2/c1-2-3-4-5-6(7)8/h2-5H2,1H3,(H,7,8)/i1D3,2D2,3D2,4D2,5D2/hD. The Morgan fingerprint density at radius 1 is 2.00 bits per heavy atom. The van der Waals surface area contributed by atoms with E-state index >= 15 is 0 Å². The van der Waals surface area contributed by atoms with Gasteiger partial charge in [0.2, 0.25) is 0 Å². The van der Waals surface area contributed by atoms with Crippen LogP contribution in [-0.2, 0) is 4.79 Å². The SMILES string of the molecule is [2H]OC(=O)C([2H])([2H])C([2H])([2H])C([2H])([2H])C([2H])([2H])C([2H])([2H])[2H]. The molecule has 0 unspecified atom stereocenters. The molecule has 0 aromatic rings. The number of rotatable bonds is 4. The zero-order chi connectivity index (χ0) is 16.8.